The van der Waals surface area contributed by atoms with Crippen molar-refractivity contribution in [3.63, 3.8) is 0 Å². The molecule has 0 aliphatic heterocycles. The van der Waals surface area contributed by atoms with Crippen molar-refractivity contribution in [2.75, 3.05) is 4.90 Å². The van der Waals surface area contributed by atoms with Crippen LogP contribution in [0.25, 0.3) is 88.3 Å². The van der Waals surface area contributed by atoms with Crippen LogP contribution in [0.5, 0.6) is 0 Å². The second-order valence-corrected chi connectivity index (χ2v) is 15.6. The number of anilines is 3. The third-order valence-electron chi connectivity index (χ3n) is 12.1. The van der Waals surface area contributed by atoms with Crippen LogP contribution in [0.1, 0.15) is 0 Å². The van der Waals surface area contributed by atoms with Gasteiger partial charge in [-0.3, -0.25) is 4.57 Å². The maximum atomic E-state index is 5.46. The molecule has 0 aliphatic carbocycles. The summed E-state index contributed by atoms with van der Waals surface area (Å²) in [5.41, 5.74) is 13.4. The van der Waals surface area contributed by atoms with Crippen molar-refractivity contribution in [3.05, 3.63) is 231 Å². The van der Waals surface area contributed by atoms with Crippen LogP contribution in [-0.4, -0.2) is 14.1 Å². The lowest BCUT2D eigenvalue weighted by Gasteiger charge is -2.25. The first-order valence-electron chi connectivity index (χ1n) is 20.8. The van der Waals surface area contributed by atoms with E-state index in [1.165, 1.54) is 43.4 Å². The van der Waals surface area contributed by atoms with E-state index >= 15 is 0 Å². The molecule has 0 N–H and O–H groups in total. The fraction of sp³-hybridized carbons (Fsp3) is 0. The Labute approximate surface area is 353 Å². The number of benzene rings is 9. The molecule has 4 nitrogen and oxygen atoms in total. The van der Waals surface area contributed by atoms with Gasteiger partial charge in [0.2, 0.25) is 0 Å². The zero-order chi connectivity index (χ0) is 40.3. The fourth-order valence-electron chi connectivity index (χ4n) is 9.37. The van der Waals surface area contributed by atoms with Crippen molar-refractivity contribution in [3.8, 4) is 33.9 Å². The smallest absolute Gasteiger partial charge is 0.138 e. The molecule has 4 heteroatoms. The van der Waals surface area contributed by atoms with Crippen LogP contribution < -0.4 is 4.90 Å². The van der Waals surface area contributed by atoms with E-state index in [0.717, 1.165) is 62.0 Å². The number of nitrogens with zero attached hydrogens (tertiary/aromatic N) is 4. The predicted molar refractivity (Wildman–Crippen MR) is 256 cm³/mol. The van der Waals surface area contributed by atoms with Crippen LogP contribution in [0, 0.1) is 0 Å². The van der Waals surface area contributed by atoms with Crippen molar-refractivity contribution in [1.29, 1.82) is 0 Å². The Morgan fingerprint density at radius 2 is 0.738 bits per heavy atom. The summed E-state index contributed by atoms with van der Waals surface area (Å²) in [5, 5.41) is 7.21. The van der Waals surface area contributed by atoms with Gasteiger partial charge in [-0.05, 0) is 83.9 Å². The molecule has 61 heavy (non-hydrogen) atoms. The number of para-hydroxylation sites is 4. The van der Waals surface area contributed by atoms with Gasteiger partial charge in [-0.2, -0.15) is 0 Å². The van der Waals surface area contributed by atoms with E-state index in [2.05, 4.69) is 245 Å². The first-order valence-corrected chi connectivity index (χ1v) is 20.8. The van der Waals surface area contributed by atoms with E-state index in [1.54, 1.807) is 0 Å². The average Bonchev–Trinajstić information content (AvgIpc) is 3.87. The predicted octanol–water partition coefficient (Wildman–Crippen LogP) is 15.2. The summed E-state index contributed by atoms with van der Waals surface area (Å²) in [5.74, 6) is 0.886. The largest absolute Gasteiger partial charge is 0.311 e. The normalized spacial score (nSPS) is 11.6. The molecule has 0 unspecified atom stereocenters. The molecule has 0 bridgehead atoms. The van der Waals surface area contributed by atoms with E-state index < -0.39 is 0 Å². The fourth-order valence-corrected chi connectivity index (χ4v) is 9.37. The Hall–Kier alpha value is -8.21. The lowest BCUT2D eigenvalue weighted by atomic mass is 10.0. The summed E-state index contributed by atoms with van der Waals surface area (Å²) in [4.78, 5) is 7.77. The number of fused-ring (bicyclic) bond motifs is 9. The Bertz CT molecular complexity index is 3460. The zero-order valence-electron chi connectivity index (χ0n) is 33.2. The molecule has 3 aromatic heterocycles. The summed E-state index contributed by atoms with van der Waals surface area (Å²) in [6.07, 6.45) is 0. The molecule has 12 rings (SSSR count). The van der Waals surface area contributed by atoms with Crippen LogP contribution in [0.4, 0.5) is 17.1 Å². The van der Waals surface area contributed by atoms with Crippen molar-refractivity contribution in [2.45, 2.75) is 0 Å². The average molecular weight is 779 g/mol. The highest BCUT2D eigenvalue weighted by atomic mass is 15.1. The summed E-state index contributed by atoms with van der Waals surface area (Å²) in [6.45, 7) is 0. The zero-order valence-corrected chi connectivity index (χ0v) is 33.2. The quantitative estimate of drug-likeness (QED) is 0.161. The first kappa shape index (κ1) is 34.8. The van der Waals surface area contributed by atoms with E-state index in [-0.39, 0.29) is 0 Å². The molecule has 3 heterocycles. The van der Waals surface area contributed by atoms with E-state index in [9.17, 15) is 0 Å². The van der Waals surface area contributed by atoms with Crippen molar-refractivity contribution in [2.24, 2.45) is 0 Å². The molecule has 0 atom stereocenters. The molecule has 0 saturated heterocycles. The number of aromatic nitrogens is 3. The monoisotopic (exact) mass is 778 g/mol. The molecule has 0 saturated carbocycles. The number of hydrogen-bond acceptors (Lipinski definition) is 2. The second-order valence-electron chi connectivity index (χ2n) is 15.6. The van der Waals surface area contributed by atoms with Crippen molar-refractivity contribution < 1.29 is 0 Å². The lowest BCUT2D eigenvalue weighted by Crippen LogP contribution is -2.09. The molecule has 0 fully saturated rings. The van der Waals surface area contributed by atoms with Gasteiger partial charge >= 0.3 is 0 Å². The van der Waals surface area contributed by atoms with Gasteiger partial charge in [-0.25, -0.2) is 4.98 Å². The highest BCUT2D eigenvalue weighted by Gasteiger charge is 2.22. The Kier molecular flexibility index (Phi) is 8.13. The van der Waals surface area contributed by atoms with Crippen LogP contribution in [-0.2, 0) is 0 Å². The minimum absolute atomic E-state index is 0.886. The SMILES string of the molecule is c1ccc(-c2cc(-c3ccccc3)nc(-n3c4ccccc4c4ccc5c(ccc6c7ccccc7n(-c7ccc(N(c8ccccc8)c8ccccc8)cc7)c65)c43)c2)cc1. The molecule has 0 aliphatic rings. The maximum Gasteiger partial charge on any atom is 0.138 e. The van der Waals surface area contributed by atoms with Gasteiger partial charge in [0.15, 0.2) is 0 Å². The standard InChI is InChI=1S/C57H38N4/c1-5-17-39(18-6-1)41-37-52(40-19-7-2-8-20-40)58-55(38-41)61-54-28-16-14-26-47(54)49-34-35-50-51(57(49)61)36-33-48-46-25-13-15-27-53(46)60(56(48)50)45-31-29-44(30-32-45)59(42-21-9-3-10-22-42)43-23-11-4-12-24-43/h1-38H. The Morgan fingerprint density at radius 3 is 1.30 bits per heavy atom. The van der Waals surface area contributed by atoms with Gasteiger partial charge < -0.3 is 9.47 Å². The topological polar surface area (TPSA) is 26.0 Å². The number of hydrogen-bond donors (Lipinski definition) is 0. The van der Waals surface area contributed by atoms with E-state index in [4.69, 9.17) is 4.98 Å². The second kappa shape index (κ2) is 14.3. The highest BCUT2D eigenvalue weighted by Crippen LogP contribution is 2.43. The van der Waals surface area contributed by atoms with Crippen LogP contribution >= 0.6 is 0 Å². The third kappa shape index (κ3) is 5.72. The molecule has 12 aromatic rings. The van der Waals surface area contributed by atoms with Crippen molar-refractivity contribution in [1.82, 2.24) is 14.1 Å². The van der Waals surface area contributed by atoms with Gasteiger partial charge in [0, 0.05) is 60.6 Å². The summed E-state index contributed by atoms with van der Waals surface area (Å²) < 4.78 is 4.84. The van der Waals surface area contributed by atoms with Gasteiger partial charge in [-0.1, -0.05) is 158 Å². The first-order chi connectivity index (χ1) is 30.3. The van der Waals surface area contributed by atoms with Crippen LogP contribution in [0.2, 0.25) is 0 Å². The van der Waals surface area contributed by atoms with Gasteiger partial charge in [0.05, 0.1) is 27.8 Å². The lowest BCUT2D eigenvalue weighted by molar-refractivity contribution is 1.09. The van der Waals surface area contributed by atoms with Crippen LogP contribution in [0.15, 0.2) is 231 Å². The maximum absolute atomic E-state index is 5.46. The molecule has 9 aromatic carbocycles. The van der Waals surface area contributed by atoms with Crippen molar-refractivity contribution >= 4 is 71.4 Å². The molecule has 0 radical (unpaired) electrons. The molecular weight excluding hydrogens is 741 g/mol. The summed E-state index contributed by atoms with van der Waals surface area (Å²) >= 11 is 0. The third-order valence-corrected chi connectivity index (χ3v) is 12.1. The summed E-state index contributed by atoms with van der Waals surface area (Å²) in [6, 6.07) is 82.6. The minimum atomic E-state index is 0.886. The van der Waals surface area contributed by atoms with E-state index in [1.807, 2.05) is 0 Å². The molecule has 0 spiro atoms. The number of rotatable bonds is 7. The van der Waals surface area contributed by atoms with Crippen LogP contribution in [0.3, 0.4) is 0 Å². The Balaban J connectivity index is 1.11. The molecular formula is C57H38N4. The van der Waals surface area contributed by atoms with Gasteiger partial charge in [0.1, 0.15) is 5.82 Å². The summed E-state index contributed by atoms with van der Waals surface area (Å²) in [7, 11) is 0. The highest BCUT2D eigenvalue weighted by molar-refractivity contribution is 6.26. The van der Waals surface area contributed by atoms with E-state index in [0.29, 0.717) is 0 Å². The van der Waals surface area contributed by atoms with Gasteiger partial charge in [0.25, 0.3) is 0 Å². The molecule has 0 amide bonds. The molecule has 286 valence electrons. The Morgan fingerprint density at radius 1 is 0.311 bits per heavy atom. The number of pyridine rings is 1. The van der Waals surface area contributed by atoms with Gasteiger partial charge in [-0.15, -0.1) is 0 Å². The minimum Gasteiger partial charge on any atom is -0.311 e.